The van der Waals surface area contributed by atoms with Gasteiger partial charge in [-0.3, -0.25) is 4.79 Å². The van der Waals surface area contributed by atoms with Crippen molar-refractivity contribution in [2.75, 3.05) is 6.54 Å². The van der Waals surface area contributed by atoms with E-state index in [1.165, 1.54) is 0 Å². The fourth-order valence-corrected chi connectivity index (χ4v) is 3.46. The van der Waals surface area contributed by atoms with E-state index in [1.54, 1.807) is 0 Å². The van der Waals surface area contributed by atoms with Crippen molar-refractivity contribution in [3.63, 3.8) is 0 Å². The van der Waals surface area contributed by atoms with E-state index in [-0.39, 0.29) is 12.3 Å². The summed E-state index contributed by atoms with van der Waals surface area (Å²) in [6.07, 6.45) is -0.106. The first-order chi connectivity index (χ1) is 9.39. The van der Waals surface area contributed by atoms with Gasteiger partial charge in [0.2, 0.25) is 5.91 Å². The fourth-order valence-electron chi connectivity index (χ4n) is 3.46. The van der Waals surface area contributed by atoms with Gasteiger partial charge in [0.1, 0.15) is 0 Å². The van der Waals surface area contributed by atoms with Crippen LogP contribution >= 0.6 is 0 Å². The van der Waals surface area contributed by atoms with Gasteiger partial charge < -0.3 is 10.6 Å². The van der Waals surface area contributed by atoms with E-state index in [0.29, 0.717) is 25.7 Å². The van der Waals surface area contributed by atoms with Crippen LogP contribution in [0.3, 0.4) is 0 Å². The third kappa shape index (κ3) is 3.10. The van der Waals surface area contributed by atoms with E-state index in [0.717, 1.165) is 19.4 Å². The van der Waals surface area contributed by atoms with Crippen LogP contribution in [-0.2, 0) is 4.79 Å². The van der Waals surface area contributed by atoms with Gasteiger partial charge in [-0.15, -0.1) is 0 Å². The Labute approximate surface area is 117 Å². The maximum Gasteiger partial charge on any atom is 0.393 e. The standard InChI is InChI=1S/C14H23F3N2O/c1-2-13(8-5-9-18-13)12(20)19-11-7-4-3-6-10(11)14(15,16)17/h10-11,18H,2-9H2,1H3,(H,19,20). The Bertz CT molecular complexity index is 351. The molecule has 6 heteroatoms. The van der Waals surface area contributed by atoms with Gasteiger partial charge in [-0.2, -0.15) is 13.2 Å². The number of carbonyl (C=O) groups is 1. The topological polar surface area (TPSA) is 41.1 Å². The molecule has 20 heavy (non-hydrogen) atoms. The number of rotatable bonds is 3. The minimum absolute atomic E-state index is 0.126. The second kappa shape index (κ2) is 5.92. The number of amides is 1. The van der Waals surface area contributed by atoms with Crippen molar-refractivity contribution in [3.05, 3.63) is 0 Å². The Hall–Kier alpha value is -0.780. The normalized spacial score (nSPS) is 35.0. The molecule has 0 aromatic heterocycles. The van der Waals surface area contributed by atoms with Crippen LogP contribution in [0.15, 0.2) is 0 Å². The SMILES string of the molecule is CCC1(C(=O)NC2CCCCC2C(F)(F)F)CCCN1. The van der Waals surface area contributed by atoms with Crippen LogP contribution in [0.1, 0.15) is 51.9 Å². The predicted molar refractivity (Wildman–Crippen MR) is 70.2 cm³/mol. The van der Waals surface area contributed by atoms with E-state index in [2.05, 4.69) is 10.6 Å². The molecule has 1 amide bonds. The number of alkyl halides is 3. The van der Waals surface area contributed by atoms with E-state index < -0.39 is 23.7 Å². The average Bonchev–Trinajstić information content (AvgIpc) is 2.88. The monoisotopic (exact) mass is 292 g/mol. The zero-order chi connectivity index (χ0) is 14.8. The predicted octanol–water partition coefficient (Wildman–Crippen LogP) is 2.76. The number of hydrogen-bond acceptors (Lipinski definition) is 2. The summed E-state index contributed by atoms with van der Waals surface area (Å²) in [7, 11) is 0. The summed E-state index contributed by atoms with van der Waals surface area (Å²) in [4.78, 5) is 12.4. The highest BCUT2D eigenvalue weighted by Gasteiger charge is 2.48. The number of halogens is 3. The van der Waals surface area contributed by atoms with Gasteiger partial charge in [-0.1, -0.05) is 19.8 Å². The Morgan fingerprint density at radius 1 is 1.30 bits per heavy atom. The maximum atomic E-state index is 13.0. The molecule has 3 atom stereocenters. The molecule has 1 heterocycles. The highest BCUT2D eigenvalue weighted by molar-refractivity contribution is 5.87. The summed E-state index contributed by atoms with van der Waals surface area (Å²) in [5.41, 5.74) is -0.659. The van der Waals surface area contributed by atoms with Gasteiger partial charge in [0.05, 0.1) is 11.5 Å². The molecule has 1 aliphatic carbocycles. The molecule has 0 aromatic rings. The first kappa shape index (κ1) is 15.6. The van der Waals surface area contributed by atoms with E-state index in [4.69, 9.17) is 0 Å². The molecule has 116 valence electrons. The molecule has 3 unspecified atom stereocenters. The minimum Gasteiger partial charge on any atom is -0.351 e. The lowest BCUT2D eigenvalue weighted by atomic mass is 9.83. The third-order valence-corrected chi connectivity index (χ3v) is 4.78. The first-order valence-corrected chi connectivity index (χ1v) is 7.52. The Kier molecular flexibility index (Phi) is 4.62. The molecule has 2 N–H and O–H groups in total. The van der Waals surface area contributed by atoms with Gasteiger partial charge >= 0.3 is 6.18 Å². The largest absolute Gasteiger partial charge is 0.393 e. The Morgan fingerprint density at radius 3 is 2.55 bits per heavy atom. The molecule has 0 bridgehead atoms. The third-order valence-electron chi connectivity index (χ3n) is 4.78. The van der Waals surface area contributed by atoms with Crippen LogP contribution < -0.4 is 10.6 Å². The molecule has 0 radical (unpaired) electrons. The van der Waals surface area contributed by atoms with Crippen molar-refractivity contribution in [1.29, 1.82) is 0 Å². The lowest BCUT2D eigenvalue weighted by Crippen LogP contribution is -2.58. The number of nitrogens with one attached hydrogen (secondary N) is 2. The molecule has 2 fully saturated rings. The highest BCUT2D eigenvalue weighted by Crippen LogP contribution is 2.38. The first-order valence-electron chi connectivity index (χ1n) is 7.52. The number of carbonyl (C=O) groups excluding carboxylic acids is 1. The van der Waals surface area contributed by atoms with Crippen LogP contribution in [0.5, 0.6) is 0 Å². The summed E-state index contributed by atoms with van der Waals surface area (Å²) in [6, 6.07) is -0.762. The summed E-state index contributed by atoms with van der Waals surface area (Å²) in [6.45, 7) is 2.66. The van der Waals surface area contributed by atoms with Crippen LogP contribution in [0.4, 0.5) is 13.2 Å². The van der Waals surface area contributed by atoms with Crippen molar-refractivity contribution < 1.29 is 18.0 Å². The summed E-state index contributed by atoms with van der Waals surface area (Å²) in [5.74, 6) is -1.64. The summed E-state index contributed by atoms with van der Waals surface area (Å²) >= 11 is 0. The quantitative estimate of drug-likeness (QED) is 0.840. The lowest BCUT2D eigenvalue weighted by Gasteiger charge is -2.36. The maximum absolute atomic E-state index is 13.0. The molecule has 1 saturated heterocycles. The van der Waals surface area contributed by atoms with Gasteiger partial charge in [0, 0.05) is 6.04 Å². The second-order valence-corrected chi connectivity index (χ2v) is 5.98. The minimum atomic E-state index is -4.22. The van der Waals surface area contributed by atoms with Crippen molar-refractivity contribution in [3.8, 4) is 0 Å². The van der Waals surface area contributed by atoms with Gasteiger partial charge in [-0.25, -0.2) is 0 Å². The van der Waals surface area contributed by atoms with Crippen LogP contribution in [0, 0.1) is 5.92 Å². The number of hydrogen-bond donors (Lipinski definition) is 2. The van der Waals surface area contributed by atoms with Gasteiger partial charge in [0.15, 0.2) is 0 Å². The van der Waals surface area contributed by atoms with Gasteiger partial charge in [-0.05, 0) is 38.6 Å². The van der Waals surface area contributed by atoms with Crippen molar-refractivity contribution in [2.45, 2.75) is 69.6 Å². The van der Waals surface area contributed by atoms with E-state index >= 15 is 0 Å². The van der Waals surface area contributed by atoms with E-state index in [1.807, 2.05) is 6.92 Å². The Balaban J connectivity index is 2.05. The molecule has 1 saturated carbocycles. The Morgan fingerprint density at radius 2 is 2.00 bits per heavy atom. The van der Waals surface area contributed by atoms with Crippen molar-refractivity contribution in [1.82, 2.24) is 10.6 Å². The highest BCUT2D eigenvalue weighted by atomic mass is 19.4. The van der Waals surface area contributed by atoms with E-state index in [9.17, 15) is 18.0 Å². The average molecular weight is 292 g/mol. The van der Waals surface area contributed by atoms with Crippen LogP contribution in [0.2, 0.25) is 0 Å². The molecule has 1 aliphatic heterocycles. The molecule has 3 nitrogen and oxygen atoms in total. The van der Waals surface area contributed by atoms with Crippen molar-refractivity contribution in [2.24, 2.45) is 5.92 Å². The molecular weight excluding hydrogens is 269 g/mol. The fraction of sp³-hybridized carbons (Fsp3) is 0.929. The van der Waals surface area contributed by atoms with Gasteiger partial charge in [0.25, 0.3) is 0 Å². The molecular formula is C14H23F3N2O. The molecule has 0 aromatic carbocycles. The summed E-state index contributed by atoms with van der Waals surface area (Å²) in [5, 5.41) is 5.86. The zero-order valence-electron chi connectivity index (χ0n) is 11.9. The lowest BCUT2D eigenvalue weighted by molar-refractivity contribution is -0.189. The second-order valence-electron chi connectivity index (χ2n) is 5.98. The molecule has 0 spiro atoms. The van der Waals surface area contributed by atoms with Crippen LogP contribution in [-0.4, -0.2) is 30.2 Å². The smallest absolute Gasteiger partial charge is 0.351 e. The molecule has 2 rings (SSSR count). The van der Waals surface area contributed by atoms with Crippen LogP contribution in [0.25, 0.3) is 0 Å². The van der Waals surface area contributed by atoms with Crippen molar-refractivity contribution >= 4 is 5.91 Å². The summed E-state index contributed by atoms with van der Waals surface area (Å²) < 4.78 is 39.1. The zero-order valence-corrected chi connectivity index (χ0v) is 11.9. The molecule has 2 aliphatic rings.